The molecule has 8 heteroatoms. The van der Waals surface area contributed by atoms with E-state index in [0.717, 1.165) is 18.6 Å². The van der Waals surface area contributed by atoms with Crippen molar-refractivity contribution in [1.82, 2.24) is 9.80 Å². The van der Waals surface area contributed by atoms with Gasteiger partial charge in [0, 0.05) is 45.3 Å². The fourth-order valence-corrected chi connectivity index (χ4v) is 5.11. The molecule has 2 heterocycles. The summed E-state index contributed by atoms with van der Waals surface area (Å²) < 4.78 is 16.4. The summed E-state index contributed by atoms with van der Waals surface area (Å²) in [6, 6.07) is 9.97. The van der Waals surface area contributed by atoms with Gasteiger partial charge >= 0.3 is 0 Å². The minimum atomic E-state index is -0.643. The van der Waals surface area contributed by atoms with Gasteiger partial charge in [-0.3, -0.25) is 9.69 Å². The number of fused-ring (bicyclic) bond motifs is 1. The highest BCUT2D eigenvalue weighted by molar-refractivity contribution is 7.10. The lowest BCUT2D eigenvalue weighted by atomic mass is 10.0. The van der Waals surface area contributed by atoms with Crippen LogP contribution in [0.2, 0.25) is 0 Å². The Morgan fingerprint density at radius 3 is 2.76 bits per heavy atom. The number of thiophene rings is 1. The third kappa shape index (κ3) is 7.52. The van der Waals surface area contributed by atoms with Crippen molar-refractivity contribution in [3.8, 4) is 5.75 Å². The number of hydrogen-bond acceptors (Lipinski definition) is 7. The zero-order chi connectivity index (χ0) is 23.6. The molecule has 0 aliphatic carbocycles. The van der Waals surface area contributed by atoms with E-state index in [1.165, 1.54) is 16.0 Å². The number of aliphatic hydroxyl groups excluding tert-OH is 1. The van der Waals surface area contributed by atoms with Crippen LogP contribution in [0, 0.1) is 6.92 Å². The van der Waals surface area contributed by atoms with Crippen molar-refractivity contribution in [2.75, 3.05) is 60.2 Å². The van der Waals surface area contributed by atoms with Crippen LogP contribution in [-0.2, 0) is 20.7 Å². The van der Waals surface area contributed by atoms with E-state index in [4.69, 9.17) is 14.2 Å². The van der Waals surface area contributed by atoms with Gasteiger partial charge in [-0.1, -0.05) is 17.7 Å². The van der Waals surface area contributed by atoms with E-state index in [1.54, 1.807) is 25.6 Å². The topological polar surface area (TPSA) is 71.5 Å². The van der Waals surface area contributed by atoms with E-state index in [9.17, 15) is 9.90 Å². The highest BCUT2D eigenvalue weighted by atomic mass is 32.1. The number of ether oxygens (including phenoxy) is 3. The van der Waals surface area contributed by atoms with Crippen molar-refractivity contribution in [3.63, 3.8) is 0 Å². The quantitative estimate of drug-likeness (QED) is 0.448. The molecular formula is C25H36N2O5S. The summed E-state index contributed by atoms with van der Waals surface area (Å²) in [5.74, 6) is 0.852. The normalized spacial score (nSPS) is 16.6. The van der Waals surface area contributed by atoms with Gasteiger partial charge in [-0.05, 0) is 48.9 Å². The lowest BCUT2D eigenvalue weighted by molar-refractivity contribution is -0.136. The second-order valence-corrected chi connectivity index (χ2v) is 9.47. The number of benzene rings is 1. The SMILES string of the molecule is COCCCN(CC(=O)N1CCc2sccc2C1COc1ccc(C)cc1)CC(O)COC. The first-order valence-electron chi connectivity index (χ1n) is 11.4. The average molecular weight is 477 g/mol. The highest BCUT2D eigenvalue weighted by Gasteiger charge is 2.33. The lowest BCUT2D eigenvalue weighted by Gasteiger charge is -2.37. The molecular weight excluding hydrogens is 440 g/mol. The molecule has 3 rings (SSSR count). The predicted octanol–water partition coefficient (Wildman–Crippen LogP) is 2.91. The van der Waals surface area contributed by atoms with Crippen molar-refractivity contribution >= 4 is 17.2 Å². The molecule has 7 nitrogen and oxygen atoms in total. The summed E-state index contributed by atoms with van der Waals surface area (Å²) in [5.41, 5.74) is 2.36. The van der Waals surface area contributed by atoms with E-state index < -0.39 is 6.10 Å². The van der Waals surface area contributed by atoms with Crippen LogP contribution in [0.1, 0.15) is 28.5 Å². The summed E-state index contributed by atoms with van der Waals surface area (Å²) in [5, 5.41) is 12.3. The van der Waals surface area contributed by atoms with E-state index >= 15 is 0 Å². The Morgan fingerprint density at radius 2 is 2.03 bits per heavy atom. The van der Waals surface area contributed by atoms with E-state index in [-0.39, 0.29) is 25.1 Å². The van der Waals surface area contributed by atoms with Gasteiger partial charge in [-0.25, -0.2) is 0 Å². The fourth-order valence-electron chi connectivity index (χ4n) is 4.18. The van der Waals surface area contributed by atoms with Crippen LogP contribution in [0.15, 0.2) is 35.7 Å². The van der Waals surface area contributed by atoms with Crippen molar-refractivity contribution in [2.45, 2.75) is 31.9 Å². The molecule has 33 heavy (non-hydrogen) atoms. The second kappa shape index (κ2) is 13.1. The lowest BCUT2D eigenvalue weighted by Crippen LogP contribution is -2.48. The summed E-state index contributed by atoms with van der Waals surface area (Å²) in [6.45, 7) is 5.27. The minimum absolute atomic E-state index is 0.0476. The van der Waals surface area contributed by atoms with Crippen LogP contribution in [0.3, 0.4) is 0 Å². The molecule has 182 valence electrons. The Labute approximate surface area is 200 Å². The van der Waals surface area contributed by atoms with E-state index in [2.05, 4.69) is 11.4 Å². The Hall–Kier alpha value is -1.97. The number of aryl methyl sites for hydroxylation is 1. The second-order valence-electron chi connectivity index (χ2n) is 8.47. The maximum atomic E-state index is 13.5. The Balaban J connectivity index is 1.69. The zero-order valence-electron chi connectivity index (χ0n) is 19.9. The molecule has 1 aromatic heterocycles. The van der Waals surface area contributed by atoms with Crippen LogP contribution in [-0.4, -0.2) is 87.1 Å². The summed E-state index contributed by atoms with van der Waals surface area (Å²) in [6.07, 6.45) is 1.00. The van der Waals surface area contributed by atoms with Crippen LogP contribution in [0.5, 0.6) is 5.75 Å². The largest absolute Gasteiger partial charge is 0.491 e. The number of carbonyl (C=O) groups is 1. The smallest absolute Gasteiger partial charge is 0.237 e. The molecule has 1 aliphatic rings. The van der Waals surface area contributed by atoms with E-state index in [0.29, 0.717) is 32.8 Å². The molecule has 0 saturated carbocycles. The third-order valence-corrected chi connectivity index (χ3v) is 6.85. The van der Waals surface area contributed by atoms with Gasteiger partial charge in [0.1, 0.15) is 12.4 Å². The van der Waals surface area contributed by atoms with Gasteiger partial charge in [0.25, 0.3) is 0 Å². The minimum Gasteiger partial charge on any atom is -0.491 e. The molecule has 0 fully saturated rings. The van der Waals surface area contributed by atoms with Crippen LogP contribution in [0.4, 0.5) is 0 Å². The Kier molecular flexibility index (Phi) is 10.1. The van der Waals surface area contributed by atoms with Crippen LogP contribution >= 0.6 is 11.3 Å². The molecule has 0 bridgehead atoms. The first kappa shape index (κ1) is 25.6. The third-order valence-electron chi connectivity index (χ3n) is 5.85. The van der Waals surface area contributed by atoms with Crippen molar-refractivity contribution in [3.05, 3.63) is 51.7 Å². The summed E-state index contributed by atoms with van der Waals surface area (Å²) in [7, 11) is 3.23. The number of hydrogen-bond donors (Lipinski definition) is 1. The van der Waals surface area contributed by atoms with E-state index in [1.807, 2.05) is 41.0 Å². The highest BCUT2D eigenvalue weighted by Crippen LogP contribution is 2.34. The number of methoxy groups -OCH3 is 2. The molecule has 1 aliphatic heterocycles. The van der Waals surface area contributed by atoms with Gasteiger partial charge in [0.15, 0.2) is 0 Å². The summed E-state index contributed by atoms with van der Waals surface area (Å²) >= 11 is 1.74. The zero-order valence-corrected chi connectivity index (χ0v) is 20.7. The molecule has 2 atom stereocenters. The average Bonchev–Trinajstić information content (AvgIpc) is 3.28. The van der Waals surface area contributed by atoms with Gasteiger partial charge in [0.05, 0.1) is 25.3 Å². The number of nitrogens with zero attached hydrogens (tertiary/aromatic N) is 2. The van der Waals surface area contributed by atoms with Crippen molar-refractivity contribution in [2.24, 2.45) is 0 Å². The van der Waals surface area contributed by atoms with Crippen LogP contribution < -0.4 is 4.74 Å². The van der Waals surface area contributed by atoms with Gasteiger partial charge in [0.2, 0.25) is 5.91 Å². The summed E-state index contributed by atoms with van der Waals surface area (Å²) in [4.78, 5) is 18.7. The molecule has 0 spiro atoms. The molecule has 1 aromatic carbocycles. The molecule has 1 N–H and O–H groups in total. The van der Waals surface area contributed by atoms with Crippen molar-refractivity contribution in [1.29, 1.82) is 0 Å². The predicted molar refractivity (Wildman–Crippen MR) is 130 cm³/mol. The maximum Gasteiger partial charge on any atom is 0.237 e. The molecule has 0 saturated heterocycles. The number of rotatable bonds is 13. The number of aliphatic hydroxyl groups is 1. The first-order valence-corrected chi connectivity index (χ1v) is 12.3. The van der Waals surface area contributed by atoms with Gasteiger partial charge in [-0.2, -0.15) is 0 Å². The van der Waals surface area contributed by atoms with Gasteiger partial charge < -0.3 is 24.2 Å². The molecule has 1 amide bonds. The molecule has 0 radical (unpaired) electrons. The monoisotopic (exact) mass is 476 g/mol. The van der Waals surface area contributed by atoms with Crippen molar-refractivity contribution < 1.29 is 24.1 Å². The standard InChI is InChI=1S/C25H36N2O5S/c1-19-5-7-21(8-6-19)32-18-23-22-10-14-33-24(22)9-12-27(23)25(29)16-26(11-4-13-30-2)15-20(28)17-31-3/h5-8,10,14,20,23,28H,4,9,11-13,15-18H2,1-3H3. The molecule has 2 unspecified atom stereocenters. The molecule has 2 aromatic rings. The first-order chi connectivity index (χ1) is 16.0. The Morgan fingerprint density at radius 1 is 1.24 bits per heavy atom. The maximum absolute atomic E-state index is 13.5. The Bertz CT molecular complexity index is 857. The van der Waals surface area contributed by atoms with Gasteiger partial charge in [-0.15, -0.1) is 11.3 Å². The number of amides is 1. The number of carbonyl (C=O) groups excluding carboxylic acids is 1. The fraction of sp³-hybridized carbons (Fsp3) is 0.560. The van der Waals surface area contributed by atoms with Crippen LogP contribution in [0.25, 0.3) is 0 Å².